The molecule has 0 spiro atoms. The summed E-state index contributed by atoms with van der Waals surface area (Å²) in [5, 5.41) is 3.28. The second kappa shape index (κ2) is 5.97. The lowest BCUT2D eigenvalue weighted by molar-refractivity contribution is 0.416. The van der Waals surface area contributed by atoms with Gasteiger partial charge in [0.1, 0.15) is 23.2 Å². The Morgan fingerprint density at radius 1 is 1.16 bits per heavy atom. The Labute approximate surface area is 111 Å². The summed E-state index contributed by atoms with van der Waals surface area (Å²) in [5.74, 6) is 0.123. The molecule has 0 fully saturated rings. The van der Waals surface area contributed by atoms with Crippen molar-refractivity contribution in [3.05, 3.63) is 47.7 Å². The Morgan fingerprint density at radius 3 is 2.63 bits per heavy atom. The molecule has 0 bridgehead atoms. The molecule has 1 heterocycles. The van der Waals surface area contributed by atoms with Gasteiger partial charge in [0.25, 0.3) is 0 Å². The lowest BCUT2D eigenvalue weighted by atomic mass is 10.1. The van der Waals surface area contributed by atoms with Crippen molar-refractivity contribution >= 4 is 0 Å². The van der Waals surface area contributed by atoms with Crippen LogP contribution in [0, 0.1) is 11.6 Å². The number of furan rings is 1. The molecule has 0 radical (unpaired) electrons. The van der Waals surface area contributed by atoms with Gasteiger partial charge in [-0.3, -0.25) is 0 Å². The minimum absolute atomic E-state index is 0.0929. The van der Waals surface area contributed by atoms with Crippen molar-refractivity contribution in [1.29, 1.82) is 0 Å². The van der Waals surface area contributed by atoms with Crippen LogP contribution in [-0.4, -0.2) is 6.54 Å². The minimum Gasteiger partial charge on any atom is -0.459 e. The van der Waals surface area contributed by atoms with Crippen LogP contribution in [0.4, 0.5) is 8.78 Å². The maximum Gasteiger partial charge on any atom is 0.137 e. The van der Waals surface area contributed by atoms with E-state index in [4.69, 9.17) is 4.42 Å². The lowest BCUT2D eigenvalue weighted by Gasteiger charge is -2.12. The molecule has 2 rings (SSSR count). The molecule has 1 aromatic heterocycles. The third-order valence-electron chi connectivity index (χ3n) is 3.02. The summed E-state index contributed by atoms with van der Waals surface area (Å²) in [6.45, 7) is 4.87. The van der Waals surface area contributed by atoms with Crippen molar-refractivity contribution in [2.75, 3.05) is 6.54 Å². The van der Waals surface area contributed by atoms with E-state index in [0.717, 1.165) is 36.9 Å². The molecule has 0 aliphatic heterocycles. The highest BCUT2D eigenvalue weighted by atomic mass is 19.1. The first-order valence-electron chi connectivity index (χ1n) is 6.44. The molecule has 1 aromatic carbocycles. The van der Waals surface area contributed by atoms with Crippen LogP contribution in [0.15, 0.2) is 34.7 Å². The van der Waals surface area contributed by atoms with Crippen molar-refractivity contribution in [2.24, 2.45) is 0 Å². The molecular formula is C15H17F2NO. The largest absolute Gasteiger partial charge is 0.459 e. The summed E-state index contributed by atoms with van der Waals surface area (Å²) in [4.78, 5) is 0. The van der Waals surface area contributed by atoms with E-state index in [1.165, 1.54) is 0 Å². The van der Waals surface area contributed by atoms with E-state index in [0.29, 0.717) is 5.76 Å². The summed E-state index contributed by atoms with van der Waals surface area (Å²) < 4.78 is 32.5. The number of hydrogen-bond donors (Lipinski definition) is 1. The number of nitrogens with one attached hydrogen (secondary N) is 1. The van der Waals surface area contributed by atoms with Gasteiger partial charge in [0, 0.05) is 0 Å². The molecule has 0 saturated heterocycles. The van der Waals surface area contributed by atoms with E-state index in [1.54, 1.807) is 12.1 Å². The van der Waals surface area contributed by atoms with Gasteiger partial charge in [0.15, 0.2) is 0 Å². The molecule has 1 unspecified atom stereocenters. The van der Waals surface area contributed by atoms with Crippen LogP contribution in [0.2, 0.25) is 0 Å². The standard InChI is InChI=1S/C15H17F2NO/c1-3-13(18-4-2)15-8-7-14(19-15)11-9-10(16)5-6-12(11)17/h5-9,13,18H,3-4H2,1-2H3. The molecule has 2 nitrogen and oxygen atoms in total. The minimum atomic E-state index is -0.487. The van der Waals surface area contributed by atoms with Crippen molar-refractivity contribution in [3.63, 3.8) is 0 Å². The molecule has 4 heteroatoms. The quantitative estimate of drug-likeness (QED) is 0.872. The monoisotopic (exact) mass is 265 g/mol. The number of benzene rings is 1. The van der Waals surface area contributed by atoms with Gasteiger partial charge in [-0.1, -0.05) is 13.8 Å². The SMILES string of the molecule is CCNC(CC)c1ccc(-c2cc(F)ccc2F)o1. The van der Waals surface area contributed by atoms with Crippen molar-refractivity contribution in [2.45, 2.75) is 26.3 Å². The van der Waals surface area contributed by atoms with Gasteiger partial charge >= 0.3 is 0 Å². The molecular weight excluding hydrogens is 248 g/mol. The molecule has 0 amide bonds. The van der Waals surface area contributed by atoms with Crippen LogP contribution >= 0.6 is 0 Å². The fourth-order valence-electron chi connectivity index (χ4n) is 2.06. The summed E-state index contributed by atoms with van der Waals surface area (Å²) >= 11 is 0. The van der Waals surface area contributed by atoms with E-state index < -0.39 is 11.6 Å². The van der Waals surface area contributed by atoms with Crippen molar-refractivity contribution in [1.82, 2.24) is 5.32 Å². The number of rotatable bonds is 5. The maximum atomic E-state index is 13.7. The first-order chi connectivity index (χ1) is 9.15. The number of hydrogen-bond acceptors (Lipinski definition) is 2. The molecule has 0 saturated carbocycles. The topological polar surface area (TPSA) is 25.2 Å². The second-order valence-corrected chi connectivity index (χ2v) is 4.34. The Balaban J connectivity index is 2.32. The van der Waals surface area contributed by atoms with E-state index in [-0.39, 0.29) is 11.6 Å². The summed E-state index contributed by atoms with van der Waals surface area (Å²) in [7, 11) is 0. The van der Waals surface area contributed by atoms with Gasteiger partial charge < -0.3 is 9.73 Å². The average molecular weight is 265 g/mol. The summed E-state index contributed by atoms with van der Waals surface area (Å²) in [5.41, 5.74) is 0.151. The Bertz CT molecular complexity index is 551. The highest BCUT2D eigenvalue weighted by Gasteiger charge is 2.15. The average Bonchev–Trinajstić information content (AvgIpc) is 2.88. The Hall–Kier alpha value is -1.68. The first kappa shape index (κ1) is 13.7. The lowest BCUT2D eigenvalue weighted by Crippen LogP contribution is -2.19. The van der Waals surface area contributed by atoms with Crippen LogP contribution in [0.5, 0.6) is 0 Å². The molecule has 1 atom stereocenters. The summed E-state index contributed by atoms with van der Waals surface area (Å²) in [6.07, 6.45) is 0.867. The van der Waals surface area contributed by atoms with Gasteiger partial charge in [-0.05, 0) is 43.3 Å². The Kier molecular flexibility index (Phi) is 4.32. The van der Waals surface area contributed by atoms with Gasteiger partial charge in [-0.15, -0.1) is 0 Å². The molecule has 0 aliphatic rings. The normalized spacial score (nSPS) is 12.6. The molecule has 1 N–H and O–H groups in total. The Morgan fingerprint density at radius 2 is 1.95 bits per heavy atom. The molecule has 0 aliphatic carbocycles. The third-order valence-corrected chi connectivity index (χ3v) is 3.02. The highest BCUT2D eigenvalue weighted by molar-refractivity contribution is 5.58. The zero-order chi connectivity index (χ0) is 13.8. The fourth-order valence-corrected chi connectivity index (χ4v) is 2.06. The van der Waals surface area contributed by atoms with Gasteiger partial charge in [-0.2, -0.15) is 0 Å². The van der Waals surface area contributed by atoms with E-state index in [2.05, 4.69) is 5.32 Å². The van der Waals surface area contributed by atoms with Gasteiger partial charge in [0.2, 0.25) is 0 Å². The zero-order valence-electron chi connectivity index (χ0n) is 11.0. The van der Waals surface area contributed by atoms with Gasteiger partial charge in [-0.25, -0.2) is 8.78 Å². The first-order valence-corrected chi connectivity index (χ1v) is 6.44. The van der Waals surface area contributed by atoms with Crippen molar-refractivity contribution < 1.29 is 13.2 Å². The van der Waals surface area contributed by atoms with Crippen molar-refractivity contribution in [3.8, 4) is 11.3 Å². The zero-order valence-corrected chi connectivity index (χ0v) is 11.0. The predicted octanol–water partition coefficient (Wildman–Crippen LogP) is 4.29. The fraction of sp³-hybridized carbons (Fsp3) is 0.333. The van der Waals surface area contributed by atoms with E-state index >= 15 is 0 Å². The van der Waals surface area contributed by atoms with E-state index in [1.807, 2.05) is 13.8 Å². The predicted molar refractivity (Wildman–Crippen MR) is 70.8 cm³/mol. The number of halogens is 2. The van der Waals surface area contributed by atoms with E-state index in [9.17, 15) is 8.78 Å². The molecule has 2 aromatic rings. The molecule has 19 heavy (non-hydrogen) atoms. The molecule has 102 valence electrons. The smallest absolute Gasteiger partial charge is 0.137 e. The van der Waals surface area contributed by atoms with Crippen LogP contribution in [0.25, 0.3) is 11.3 Å². The van der Waals surface area contributed by atoms with Crippen LogP contribution in [-0.2, 0) is 0 Å². The highest BCUT2D eigenvalue weighted by Crippen LogP contribution is 2.28. The van der Waals surface area contributed by atoms with Crippen LogP contribution in [0.3, 0.4) is 0 Å². The van der Waals surface area contributed by atoms with Gasteiger partial charge in [0.05, 0.1) is 11.6 Å². The summed E-state index contributed by atoms with van der Waals surface area (Å²) in [6, 6.07) is 6.91. The maximum absolute atomic E-state index is 13.7. The van der Waals surface area contributed by atoms with Crippen LogP contribution in [0.1, 0.15) is 32.1 Å². The van der Waals surface area contributed by atoms with Crippen LogP contribution < -0.4 is 5.32 Å². The second-order valence-electron chi connectivity index (χ2n) is 4.34. The third kappa shape index (κ3) is 3.01.